The molecule has 1 fully saturated rings. The largest absolute Gasteiger partial charge is 0.335 e. The van der Waals surface area contributed by atoms with Crippen molar-refractivity contribution in [1.82, 2.24) is 9.80 Å². The summed E-state index contributed by atoms with van der Waals surface area (Å²) >= 11 is 6.37. The first-order chi connectivity index (χ1) is 13.3. The number of carbonyl (C=O) groups is 2. The molecular formula is C19H16ClF3N2O2S. The molecule has 9 heteroatoms. The number of thioether (sulfide) groups is 1. The fraction of sp³-hybridized carbons (Fsp3) is 0.263. The number of benzene rings is 2. The molecule has 2 amide bonds. The number of hydrogen-bond donors (Lipinski definition) is 0. The van der Waals surface area contributed by atoms with Crippen molar-refractivity contribution in [2.24, 2.45) is 0 Å². The van der Waals surface area contributed by atoms with Gasteiger partial charge < -0.3 is 9.80 Å². The molecule has 1 saturated heterocycles. The minimum Gasteiger partial charge on any atom is -0.335 e. The third-order valence-corrected chi connectivity index (χ3v) is 5.38. The van der Waals surface area contributed by atoms with Crippen LogP contribution in [0.15, 0.2) is 47.4 Å². The van der Waals surface area contributed by atoms with Crippen LogP contribution < -0.4 is 0 Å². The minimum absolute atomic E-state index is 0.0465. The topological polar surface area (TPSA) is 40.6 Å². The van der Waals surface area contributed by atoms with Gasteiger partial charge in [-0.2, -0.15) is 8.78 Å². The van der Waals surface area contributed by atoms with Gasteiger partial charge in [-0.15, -0.1) is 0 Å². The van der Waals surface area contributed by atoms with Crippen LogP contribution in [0.2, 0.25) is 5.02 Å². The van der Waals surface area contributed by atoms with E-state index in [0.717, 1.165) is 6.07 Å². The molecule has 0 aliphatic carbocycles. The van der Waals surface area contributed by atoms with Crippen molar-refractivity contribution in [1.29, 1.82) is 0 Å². The van der Waals surface area contributed by atoms with E-state index in [1.807, 2.05) is 0 Å². The molecule has 3 rings (SSSR count). The maximum Gasteiger partial charge on any atom is 0.288 e. The standard InChI is InChI=1S/C19H16ClF3N2O2S/c20-16-11-13(21)3-6-15(16)18(27)25-9-7-24(8-10-25)17(26)12-1-4-14(5-2-12)28-19(22)23/h1-6,11,19H,7-10H2. The van der Waals surface area contributed by atoms with E-state index >= 15 is 0 Å². The Kier molecular flexibility index (Phi) is 6.51. The summed E-state index contributed by atoms with van der Waals surface area (Å²) in [4.78, 5) is 28.7. The Labute approximate surface area is 169 Å². The average molecular weight is 429 g/mol. The highest BCUT2D eigenvalue weighted by atomic mass is 35.5. The molecular weight excluding hydrogens is 413 g/mol. The molecule has 0 aromatic heterocycles. The fourth-order valence-electron chi connectivity index (χ4n) is 2.91. The molecule has 28 heavy (non-hydrogen) atoms. The average Bonchev–Trinajstić information content (AvgIpc) is 2.67. The van der Waals surface area contributed by atoms with Gasteiger partial charge in [0.25, 0.3) is 17.6 Å². The zero-order chi connectivity index (χ0) is 20.3. The Bertz CT molecular complexity index is 872. The molecule has 1 aliphatic heterocycles. The lowest BCUT2D eigenvalue weighted by Crippen LogP contribution is -2.50. The van der Waals surface area contributed by atoms with E-state index in [1.54, 1.807) is 9.80 Å². The summed E-state index contributed by atoms with van der Waals surface area (Å²) in [5, 5.41) is 0.0465. The molecule has 0 N–H and O–H groups in total. The first-order valence-electron chi connectivity index (χ1n) is 8.43. The first kappa shape index (κ1) is 20.5. The number of carbonyl (C=O) groups excluding carboxylic acids is 2. The summed E-state index contributed by atoms with van der Waals surface area (Å²) < 4.78 is 37.9. The maximum absolute atomic E-state index is 13.1. The number of alkyl halides is 2. The Balaban J connectivity index is 1.60. The van der Waals surface area contributed by atoms with Crippen molar-refractivity contribution in [3.8, 4) is 0 Å². The van der Waals surface area contributed by atoms with E-state index in [9.17, 15) is 22.8 Å². The molecule has 0 unspecified atom stereocenters. The van der Waals surface area contributed by atoms with Crippen LogP contribution in [0.3, 0.4) is 0 Å². The molecule has 0 radical (unpaired) electrons. The van der Waals surface area contributed by atoms with Gasteiger partial charge in [0.15, 0.2) is 0 Å². The molecule has 0 atom stereocenters. The van der Waals surface area contributed by atoms with Gasteiger partial charge in [0.1, 0.15) is 5.82 Å². The number of hydrogen-bond acceptors (Lipinski definition) is 3. The number of piperazine rings is 1. The SMILES string of the molecule is O=C(c1ccc(SC(F)F)cc1)N1CCN(C(=O)c2ccc(F)cc2Cl)CC1. The molecule has 1 aliphatic rings. The summed E-state index contributed by atoms with van der Waals surface area (Å²) in [5.41, 5.74) is 0.620. The Morgan fingerprint density at radius 3 is 2.04 bits per heavy atom. The van der Waals surface area contributed by atoms with Crippen LogP contribution in [0.1, 0.15) is 20.7 Å². The van der Waals surface area contributed by atoms with Crippen LogP contribution >= 0.6 is 23.4 Å². The number of rotatable bonds is 4. The van der Waals surface area contributed by atoms with Crippen LogP contribution in [-0.4, -0.2) is 53.6 Å². The smallest absolute Gasteiger partial charge is 0.288 e. The molecule has 148 valence electrons. The molecule has 4 nitrogen and oxygen atoms in total. The quantitative estimate of drug-likeness (QED) is 0.678. The lowest BCUT2D eigenvalue weighted by atomic mass is 10.1. The Hall–Kier alpha value is -2.19. The fourth-order valence-corrected chi connectivity index (χ4v) is 3.65. The Morgan fingerprint density at radius 2 is 1.50 bits per heavy atom. The first-order valence-corrected chi connectivity index (χ1v) is 9.69. The summed E-state index contributed by atoms with van der Waals surface area (Å²) in [7, 11) is 0. The number of nitrogens with zero attached hydrogens (tertiary/aromatic N) is 2. The second-order valence-electron chi connectivity index (χ2n) is 6.11. The van der Waals surface area contributed by atoms with Gasteiger partial charge >= 0.3 is 0 Å². The second kappa shape index (κ2) is 8.87. The van der Waals surface area contributed by atoms with Crippen molar-refractivity contribution >= 4 is 35.2 Å². The zero-order valence-electron chi connectivity index (χ0n) is 14.6. The molecule has 2 aromatic carbocycles. The zero-order valence-corrected chi connectivity index (χ0v) is 16.2. The summed E-state index contributed by atoms with van der Waals surface area (Å²) in [6.45, 7) is 1.29. The van der Waals surface area contributed by atoms with E-state index in [2.05, 4.69) is 0 Å². The molecule has 0 saturated carbocycles. The van der Waals surface area contributed by atoms with E-state index in [1.165, 1.54) is 36.4 Å². The summed E-state index contributed by atoms with van der Waals surface area (Å²) in [6, 6.07) is 9.61. The highest BCUT2D eigenvalue weighted by molar-refractivity contribution is 7.99. The highest BCUT2D eigenvalue weighted by Crippen LogP contribution is 2.25. The monoisotopic (exact) mass is 428 g/mol. The number of halogens is 4. The van der Waals surface area contributed by atoms with Crippen molar-refractivity contribution in [3.05, 3.63) is 64.4 Å². The van der Waals surface area contributed by atoms with Gasteiger partial charge in [0.05, 0.1) is 10.6 Å². The van der Waals surface area contributed by atoms with Gasteiger partial charge in [-0.3, -0.25) is 9.59 Å². The van der Waals surface area contributed by atoms with Gasteiger partial charge in [-0.25, -0.2) is 4.39 Å². The van der Waals surface area contributed by atoms with E-state index in [0.29, 0.717) is 48.4 Å². The number of amides is 2. The third kappa shape index (κ3) is 4.80. The van der Waals surface area contributed by atoms with Crippen molar-refractivity contribution < 1.29 is 22.8 Å². The predicted octanol–water partition coefficient (Wildman–Crippen LogP) is 4.39. The molecule has 0 spiro atoms. The van der Waals surface area contributed by atoms with Gasteiger partial charge in [-0.1, -0.05) is 23.4 Å². The van der Waals surface area contributed by atoms with Crippen LogP contribution in [0.4, 0.5) is 13.2 Å². The van der Waals surface area contributed by atoms with Crippen molar-refractivity contribution in [2.45, 2.75) is 10.7 Å². The lowest BCUT2D eigenvalue weighted by molar-refractivity contribution is 0.0535. The third-order valence-electron chi connectivity index (χ3n) is 4.34. The molecule has 1 heterocycles. The van der Waals surface area contributed by atoms with Crippen molar-refractivity contribution in [3.63, 3.8) is 0 Å². The predicted molar refractivity (Wildman–Crippen MR) is 102 cm³/mol. The van der Waals surface area contributed by atoms with Gasteiger partial charge in [0.2, 0.25) is 0 Å². The van der Waals surface area contributed by atoms with Crippen LogP contribution in [0.25, 0.3) is 0 Å². The second-order valence-corrected chi connectivity index (χ2v) is 7.58. The van der Waals surface area contributed by atoms with Gasteiger partial charge in [0, 0.05) is 36.6 Å². The van der Waals surface area contributed by atoms with Gasteiger partial charge in [-0.05, 0) is 42.5 Å². The molecule has 2 aromatic rings. The van der Waals surface area contributed by atoms with Crippen LogP contribution in [-0.2, 0) is 0 Å². The maximum atomic E-state index is 13.1. The minimum atomic E-state index is -2.51. The normalized spacial score (nSPS) is 14.5. The summed E-state index contributed by atoms with van der Waals surface area (Å²) in [6.07, 6.45) is 0. The highest BCUT2D eigenvalue weighted by Gasteiger charge is 2.26. The van der Waals surface area contributed by atoms with E-state index < -0.39 is 11.6 Å². The van der Waals surface area contributed by atoms with E-state index in [-0.39, 0.29) is 22.4 Å². The van der Waals surface area contributed by atoms with Crippen molar-refractivity contribution in [2.75, 3.05) is 26.2 Å². The van der Waals surface area contributed by atoms with E-state index in [4.69, 9.17) is 11.6 Å². The molecule has 0 bridgehead atoms. The van der Waals surface area contributed by atoms with Crippen LogP contribution in [0, 0.1) is 5.82 Å². The lowest BCUT2D eigenvalue weighted by Gasteiger charge is -2.35. The Morgan fingerprint density at radius 1 is 0.929 bits per heavy atom. The van der Waals surface area contributed by atoms with Crippen LogP contribution in [0.5, 0.6) is 0 Å². The summed E-state index contributed by atoms with van der Waals surface area (Å²) in [5.74, 6) is -3.57.